The highest BCUT2D eigenvalue weighted by atomic mass is 32.2. The summed E-state index contributed by atoms with van der Waals surface area (Å²) in [6, 6.07) is 10.5. The summed E-state index contributed by atoms with van der Waals surface area (Å²) in [5, 5.41) is 22.0. The minimum absolute atomic E-state index is 0.0416. The average molecular weight is 466 g/mol. The van der Waals surface area contributed by atoms with E-state index in [1.807, 2.05) is 13.0 Å². The van der Waals surface area contributed by atoms with E-state index >= 15 is 0 Å². The lowest BCUT2D eigenvalue weighted by Crippen LogP contribution is -2.29. The molecule has 1 aliphatic rings. The first-order chi connectivity index (χ1) is 15.7. The standard InChI is InChI=1S/C26H31N3O3S/c1-5-22(23(30)28-21-10-8-7-9-19(21)25(31)32)33-24-17(15-27)13-16-14-18(26(3,4)6-2)11-12-20(16)29-24/h7-10,13,18,22H,5-6,11-12,14H2,1-4H3,(H,28,30)(H,31,32). The minimum Gasteiger partial charge on any atom is -0.478 e. The van der Waals surface area contributed by atoms with Gasteiger partial charge in [0.1, 0.15) is 11.1 Å². The third kappa shape index (κ3) is 5.56. The van der Waals surface area contributed by atoms with E-state index in [0.29, 0.717) is 22.9 Å². The number of thioether (sulfide) groups is 1. The molecule has 0 spiro atoms. The number of aromatic carboxylic acids is 1. The van der Waals surface area contributed by atoms with Crippen LogP contribution in [0.3, 0.4) is 0 Å². The first kappa shape index (κ1) is 24.8. The van der Waals surface area contributed by atoms with E-state index in [-0.39, 0.29) is 22.6 Å². The molecule has 6 nitrogen and oxygen atoms in total. The summed E-state index contributed by atoms with van der Waals surface area (Å²) in [4.78, 5) is 29.2. The third-order valence-electron chi connectivity index (χ3n) is 6.82. The Labute approximate surface area is 199 Å². The first-order valence-electron chi connectivity index (χ1n) is 11.4. The second kappa shape index (κ2) is 10.4. The van der Waals surface area contributed by atoms with E-state index in [4.69, 9.17) is 4.98 Å². The fraction of sp³-hybridized carbons (Fsp3) is 0.462. The zero-order valence-corrected chi connectivity index (χ0v) is 20.5. The molecular weight excluding hydrogens is 434 g/mol. The Morgan fingerprint density at radius 2 is 2.06 bits per heavy atom. The number of nitrogens with zero attached hydrogens (tertiary/aromatic N) is 2. The number of benzene rings is 1. The summed E-state index contributed by atoms with van der Waals surface area (Å²) in [5.41, 5.74) is 3.20. The molecule has 33 heavy (non-hydrogen) atoms. The molecule has 0 aliphatic heterocycles. The molecule has 0 radical (unpaired) electrons. The van der Waals surface area contributed by atoms with Crippen LogP contribution in [0.25, 0.3) is 0 Å². The fourth-order valence-corrected chi connectivity index (χ4v) is 5.22. The van der Waals surface area contributed by atoms with E-state index in [2.05, 4.69) is 32.2 Å². The monoisotopic (exact) mass is 465 g/mol. The highest BCUT2D eigenvalue weighted by Gasteiger charge is 2.32. The molecule has 0 saturated heterocycles. The number of carboxylic acid groups (broad SMARTS) is 1. The summed E-state index contributed by atoms with van der Waals surface area (Å²) in [6.07, 6.45) is 4.49. The number of carboxylic acids is 1. The molecule has 1 amide bonds. The largest absolute Gasteiger partial charge is 0.478 e. The number of hydrogen-bond donors (Lipinski definition) is 2. The number of hydrogen-bond acceptors (Lipinski definition) is 5. The summed E-state index contributed by atoms with van der Waals surface area (Å²) < 4.78 is 0. The molecule has 1 aromatic carbocycles. The molecule has 7 heteroatoms. The summed E-state index contributed by atoms with van der Waals surface area (Å²) in [6.45, 7) is 8.72. The number of carbonyl (C=O) groups excluding carboxylic acids is 1. The predicted octanol–water partition coefficient (Wildman–Crippen LogP) is 5.70. The SMILES string of the molecule is CCC(Sc1nc2c(cc1C#N)CC(C(C)(C)CC)CC2)C(=O)Nc1ccccc1C(=O)O. The number of para-hydroxylation sites is 1. The van der Waals surface area contributed by atoms with Crippen molar-refractivity contribution in [1.29, 1.82) is 5.26 Å². The third-order valence-corrected chi connectivity index (χ3v) is 8.19. The van der Waals surface area contributed by atoms with Crippen LogP contribution in [0, 0.1) is 22.7 Å². The zero-order valence-electron chi connectivity index (χ0n) is 19.6. The highest BCUT2D eigenvalue weighted by molar-refractivity contribution is 8.00. The maximum absolute atomic E-state index is 13.0. The Balaban J connectivity index is 1.82. The number of nitrogens with one attached hydrogen (secondary N) is 1. The van der Waals surface area contributed by atoms with Crippen LogP contribution in [0.4, 0.5) is 5.69 Å². The van der Waals surface area contributed by atoms with Crippen molar-refractivity contribution in [2.75, 3.05) is 5.32 Å². The van der Waals surface area contributed by atoms with Crippen LogP contribution in [0.2, 0.25) is 0 Å². The van der Waals surface area contributed by atoms with Gasteiger partial charge in [0.15, 0.2) is 0 Å². The van der Waals surface area contributed by atoms with Crippen molar-refractivity contribution in [1.82, 2.24) is 4.98 Å². The number of carbonyl (C=O) groups is 2. The van der Waals surface area contributed by atoms with Gasteiger partial charge in [-0.25, -0.2) is 9.78 Å². The lowest BCUT2D eigenvalue weighted by atomic mass is 9.69. The molecule has 1 aromatic heterocycles. The van der Waals surface area contributed by atoms with Gasteiger partial charge in [-0.3, -0.25) is 4.79 Å². The molecule has 0 fully saturated rings. The van der Waals surface area contributed by atoms with Crippen LogP contribution >= 0.6 is 11.8 Å². The number of rotatable bonds is 8. The van der Waals surface area contributed by atoms with Crippen molar-refractivity contribution in [3.05, 3.63) is 52.7 Å². The van der Waals surface area contributed by atoms with Crippen LogP contribution in [0.1, 0.15) is 74.1 Å². The Hall–Kier alpha value is -2.85. The number of amides is 1. The smallest absolute Gasteiger partial charge is 0.337 e. The van der Waals surface area contributed by atoms with Crippen molar-refractivity contribution in [2.24, 2.45) is 11.3 Å². The number of aryl methyl sites for hydroxylation is 1. The normalized spacial score (nSPS) is 16.4. The summed E-state index contributed by atoms with van der Waals surface area (Å²) in [5.74, 6) is -0.839. The maximum atomic E-state index is 13.0. The van der Waals surface area contributed by atoms with Gasteiger partial charge < -0.3 is 10.4 Å². The molecule has 2 N–H and O–H groups in total. The molecule has 3 rings (SSSR count). The second-order valence-electron chi connectivity index (χ2n) is 9.20. The van der Waals surface area contributed by atoms with E-state index in [0.717, 1.165) is 36.9 Å². The zero-order chi connectivity index (χ0) is 24.2. The van der Waals surface area contributed by atoms with Gasteiger partial charge >= 0.3 is 5.97 Å². The van der Waals surface area contributed by atoms with Gasteiger partial charge in [0.25, 0.3) is 0 Å². The van der Waals surface area contributed by atoms with Gasteiger partial charge in [-0.05, 0) is 60.8 Å². The fourth-order valence-electron chi connectivity index (χ4n) is 4.22. The van der Waals surface area contributed by atoms with Crippen molar-refractivity contribution in [3.63, 3.8) is 0 Å². The van der Waals surface area contributed by atoms with Gasteiger partial charge in [-0.15, -0.1) is 0 Å². The highest BCUT2D eigenvalue weighted by Crippen LogP contribution is 2.40. The minimum atomic E-state index is -1.10. The molecular formula is C26H31N3O3S. The topological polar surface area (TPSA) is 103 Å². The lowest BCUT2D eigenvalue weighted by molar-refractivity contribution is -0.115. The summed E-state index contributed by atoms with van der Waals surface area (Å²) >= 11 is 1.27. The number of aromatic nitrogens is 1. The number of fused-ring (bicyclic) bond motifs is 1. The van der Waals surface area contributed by atoms with Crippen molar-refractivity contribution in [2.45, 2.75) is 70.1 Å². The van der Waals surface area contributed by atoms with Crippen molar-refractivity contribution < 1.29 is 14.7 Å². The second-order valence-corrected chi connectivity index (χ2v) is 10.4. The van der Waals surface area contributed by atoms with Gasteiger partial charge in [-0.2, -0.15) is 5.26 Å². The van der Waals surface area contributed by atoms with Crippen LogP contribution < -0.4 is 5.32 Å². The van der Waals surface area contributed by atoms with Crippen LogP contribution in [-0.2, 0) is 17.6 Å². The molecule has 2 atom stereocenters. The number of nitriles is 1. The van der Waals surface area contributed by atoms with Crippen LogP contribution in [0.15, 0.2) is 35.4 Å². The van der Waals surface area contributed by atoms with Crippen molar-refractivity contribution in [3.8, 4) is 6.07 Å². The van der Waals surface area contributed by atoms with Gasteiger partial charge in [-0.1, -0.05) is 58.0 Å². The van der Waals surface area contributed by atoms with E-state index in [1.54, 1.807) is 18.2 Å². The first-order valence-corrected chi connectivity index (χ1v) is 12.3. The predicted molar refractivity (Wildman–Crippen MR) is 131 cm³/mol. The molecule has 174 valence electrons. The molecule has 0 saturated carbocycles. The lowest BCUT2D eigenvalue weighted by Gasteiger charge is -2.37. The van der Waals surface area contributed by atoms with Crippen LogP contribution in [-0.4, -0.2) is 27.2 Å². The van der Waals surface area contributed by atoms with Crippen LogP contribution in [0.5, 0.6) is 0 Å². The van der Waals surface area contributed by atoms with E-state index < -0.39 is 11.2 Å². The molecule has 0 bridgehead atoms. The number of pyridine rings is 1. The molecule has 2 unspecified atom stereocenters. The average Bonchev–Trinajstić information content (AvgIpc) is 2.81. The Kier molecular flexibility index (Phi) is 7.80. The molecule has 1 aliphatic carbocycles. The van der Waals surface area contributed by atoms with Gasteiger partial charge in [0.2, 0.25) is 5.91 Å². The van der Waals surface area contributed by atoms with E-state index in [1.165, 1.54) is 17.8 Å². The van der Waals surface area contributed by atoms with Gasteiger partial charge in [0.05, 0.1) is 22.1 Å². The molecule has 1 heterocycles. The Bertz CT molecular complexity index is 1090. The Morgan fingerprint density at radius 1 is 1.33 bits per heavy atom. The van der Waals surface area contributed by atoms with Crippen molar-refractivity contribution >= 4 is 29.3 Å². The maximum Gasteiger partial charge on any atom is 0.337 e. The van der Waals surface area contributed by atoms with E-state index in [9.17, 15) is 20.0 Å². The summed E-state index contributed by atoms with van der Waals surface area (Å²) in [7, 11) is 0. The Morgan fingerprint density at radius 3 is 2.70 bits per heavy atom. The molecule has 2 aromatic rings. The van der Waals surface area contributed by atoms with Gasteiger partial charge in [0, 0.05) is 5.69 Å². The quantitative estimate of drug-likeness (QED) is 0.485. The number of anilines is 1.